The summed E-state index contributed by atoms with van der Waals surface area (Å²) in [6.07, 6.45) is 1.84. The van der Waals surface area contributed by atoms with Crippen molar-refractivity contribution in [3.63, 3.8) is 0 Å². The van der Waals surface area contributed by atoms with Crippen LogP contribution in [0.3, 0.4) is 0 Å². The lowest BCUT2D eigenvalue weighted by atomic mass is 10.2. The molecule has 0 amide bonds. The summed E-state index contributed by atoms with van der Waals surface area (Å²) in [4.78, 5) is 0. The number of allylic oxidation sites excluding steroid dienone is 1. The van der Waals surface area contributed by atoms with Crippen molar-refractivity contribution in [3.8, 4) is 17.1 Å². The zero-order chi connectivity index (χ0) is 18.4. The largest absolute Gasteiger partial charge is 0.493 e. The average Bonchev–Trinajstić information content (AvgIpc) is 3.04. The summed E-state index contributed by atoms with van der Waals surface area (Å²) in [5, 5.41) is 10.2. The van der Waals surface area contributed by atoms with Crippen LogP contribution in [0.4, 0.5) is 0 Å². The summed E-state index contributed by atoms with van der Waals surface area (Å²) in [6.45, 7) is 5.06. The summed E-state index contributed by atoms with van der Waals surface area (Å²) < 4.78 is 8.83. The molecule has 7 heteroatoms. The monoisotopic (exact) mass is 449 g/mol. The van der Waals surface area contributed by atoms with Crippen molar-refractivity contribution in [1.82, 2.24) is 14.8 Å². The molecular formula is C19H17BrClN3OS. The summed E-state index contributed by atoms with van der Waals surface area (Å²) in [6, 6.07) is 15.4. The molecule has 1 heterocycles. The lowest BCUT2D eigenvalue weighted by molar-refractivity contribution is 0.344. The van der Waals surface area contributed by atoms with Crippen LogP contribution < -0.4 is 4.74 Å². The van der Waals surface area contributed by atoms with Crippen molar-refractivity contribution in [3.05, 3.63) is 70.7 Å². The van der Waals surface area contributed by atoms with Crippen LogP contribution in [0.25, 0.3) is 11.4 Å². The maximum absolute atomic E-state index is 5.97. The minimum Gasteiger partial charge on any atom is -0.493 e. The fraction of sp³-hybridized carbons (Fsp3) is 0.158. The second-order valence-corrected chi connectivity index (χ2v) is 7.78. The number of hydrogen-bond donors (Lipinski definition) is 0. The van der Waals surface area contributed by atoms with Gasteiger partial charge in [0.1, 0.15) is 5.75 Å². The molecule has 0 bridgehead atoms. The molecule has 0 unspecified atom stereocenters. The summed E-state index contributed by atoms with van der Waals surface area (Å²) >= 11 is 11.0. The van der Waals surface area contributed by atoms with Crippen LogP contribution in [-0.4, -0.2) is 27.1 Å². The van der Waals surface area contributed by atoms with Crippen molar-refractivity contribution in [2.45, 2.75) is 11.7 Å². The van der Waals surface area contributed by atoms with Gasteiger partial charge in [-0.3, -0.25) is 4.57 Å². The van der Waals surface area contributed by atoms with Crippen LogP contribution in [0.5, 0.6) is 5.75 Å². The molecule has 0 fully saturated rings. The molecule has 0 spiro atoms. The van der Waals surface area contributed by atoms with Crippen molar-refractivity contribution in [1.29, 1.82) is 0 Å². The molecule has 3 aromatic rings. The third kappa shape index (κ3) is 4.90. The molecular weight excluding hydrogens is 434 g/mol. The first kappa shape index (κ1) is 19.0. The van der Waals surface area contributed by atoms with E-state index in [4.69, 9.17) is 16.3 Å². The van der Waals surface area contributed by atoms with Gasteiger partial charge >= 0.3 is 0 Å². The van der Waals surface area contributed by atoms with Crippen molar-refractivity contribution in [2.24, 2.45) is 0 Å². The minimum absolute atomic E-state index is 0.587. The molecule has 0 aliphatic carbocycles. The molecule has 0 aliphatic rings. The van der Waals surface area contributed by atoms with Crippen molar-refractivity contribution in [2.75, 3.05) is 12.4 Å². The quantitative estimate of drug-likeness (QED) is 0.250. The maximum atomic E-state index is 5.97. The molecule has 26 heavy (non-hydrogen) atoms. The molecule has 0 aliphatic heterocycles. The van der Waals surface area contributed by atoms with E-state index in [0.29, 0.717) is 18.2 Å². The van der Waals surface area contributed by atoms with Crippen molar-refractivity contribution < 1.29 is 4.74 Å². The van der Waals surface area contributed by atoms with E-state index in [-0.39, 0.29) is 0 Å². The van der Waals surface area contributed by atoms with Gasteiger partial charge in [0.05, 0.1) is 6.61 Å². The van der Waals surface area contributed by atoms with Crippen LogP contribution in [0.2, 0.25) is 5.02 Å². The Balaban J connectivity index is 1.64. The number of hydrogen-bond acceptors (Lipinski definition) is 4. The van der Waals surface area contributed by atoms with E-state index in [9.17, 15) is 0 Å². The van der Waals surface area contributed by atoms with Gasteiger partial charge in [-0.15, -0.1) is 16.8 Å². The fourth-order valence-electron chi connectivity index (χ4n) is 2.32. The zero-order valence-corrected chi connectivity index (χ0v) is 17.1. The lowest BCUT2D eigenvalue weighted by Gasteiger charge is -2.09. The summed E-state index contributed by atoms with van der Waals surface area (Å²) in [5.41, 5.74) is 0.974. The molecule has 0 saturated carbocycles. The Bertz CT molecular complexity index is 865. The number of benzene rings is 2. The smallest absolute Gasteiger partial charge is 0.191 e. The second-order valence-electron chi connectivity index (χ2n) is 5.36. The minimum atomic E-state index is 0.587. The third-order valence-corrected chi connectivity index (χ3v) is 5.24. The number of aromatic nitrogens is 3. The Hall–Kier alpha value is -1.76. The predicted molar refractivity (Wildman–Crippen MR) is 111 cm³/mol. The Morgan fingerprint density at radius 1 is 1.12 bits per heavy atom. The van der Waals surface area contributed by atoms with Gasteiger partial charge in [-0.2, -0.15) is 0 Å². The summed E-state index contributed by atoms with van der Waals surface area (Å²) in [7, 11) is 0. The molecule has 2 aromatic carbocycles. The molecule has 4 nitrogen and oxygen atoms in total. The maximum Gasteiger partial charge on any atom is 0.191 e. The number of halogens is 2. The highest BCUT2D eigenvalue weighted by molar-refractivity contribution is 9.10. The van der Waals surface area contributed by atoms with E-state index in [1.54, 1.807) is 11.8 Å². The molecule has 134 valence electrons. The van der Waals surface area contributed by atoms with E-state index in [0.717, 1.165) is 32.5 Å². The molecule has 0 saturated heterocycles. The Kier molecular flexibility index (Phi) is 6.77. The second kappa shape index (κ2) is 9.26. The molecule has 3 rings (SSSR count). The molecule has 0 radical (unpaired) electrons. The van der Waals surface area contributed by atoms with E-state index in [1.165, 1.54) is 0 Å². The standard InChI is InChI=1S/C19H17BrClN3OS/c1-2-11-24-18(14-3-7-16(21)8-4-14)22-23-19(24)26-13-12-25-17-9-5-15(20)6-10-17/h2-10H,1,11-13H2. The molecule has 1 aromatic heterocycles. The van der Waals surface area contributed by atoms with Crippen LogP contribution >= 0.6 is 39.3 Å². The topological polar surface area (TPSA) is 39.9 Å². The Morgan fingerprint density at radius 3 is 2.54 bits per heavy atom. The van der Waals surface area contributed by atoms with Crippen LogP contribution in [0, 0.1) is 0 Å². The fourth-order valence-corrected chi connectivity index (χ4v) is 3.48. The average molecular weight is 451 g/mol. The number of nitrogens with zero attached hydrogens (tertiary/aromatic N) is 3. The third-order valence-electron chi connectivity index (χ3n) is 3.53. The number of thioether (sulfide) groups is 1. The lowest BCUT2D eigenvalue weighted by Crippen LogP contribution is -2.04. The van der Waals surface area contributed by atoms with Gasteiger partial charge in [-0.1, -0.05) is 45.4 Å². The van der Waals surface area contributed by atoms with E-state index < -0.39 is 0 Å². The van der Waals surface area contributed by atoms with Gasteiger partial charge in [0, 0.05) is 27.4 Å². The van der Waals surface area contributed by atoms with Crippen LogP contribution in [-0.2, 0) is 6.54 Å². The van der Waals surface area contributed by atoms with E-state index >= 15 is 0 Å². The zero-order valence-electron chi connectivity index (χ0n) is 13.9. The van der Waals surface area contributed by atoms with Gasteiger partial charge in [0.2, 0.25) is 0 Å². The first-order valence-electron chi connectivity index (χ1n) is 7.98. The van der Waals surface area contributed by atoms with E-state index in [1.807, 2.05) is 59.2 Å². The van der Waals surface area contributed by atoms with Crippen molar-refractivity contribution >= 4 is 39.3 Å². The highest BCUT2D eigenvalue weighted by Gasteiger charge is 2.13. The van der Waals surface area contributed by atoms with Gasteiger partial charge in [0.15, 0.2) is 11.0 Å². The van der Waals surface area contributed by atoms with Gasteiger partial charge in [0.25, 0.3) is 0 Å². The SMILES string of the molecule is C=CCn1c(SCCOc2ccc(Br)cc2)nnc1-c1ccc(Cl)cc1. The normalized spacial score (nSPS) is 10.7. The van der Waals surface area contributed by atoms with Gasteiger partial charge in [-0.25, -0.2) is 0 Å². The number of ether oxygens (including phenoxy) is 1. The predicted octanol–water partition coefficient (Wildman–Crippen LogP) is 5.72. The van der Waals surface area contributed by atoms with Gasteiger partial charge < -0.3 is 4.74 Å². The Morgan fingerprint density at radius 2 is 1.85 bits per heavy atom. The number of rotatable bonds is 8. The first-order chi connectivity index (χ1) is 12.7. The molecule has 0 atom stereocenters. The van der Waals surface area contributed by atoms with E-state index in [2.05, 4.69) is 32.7 Å². The molecule has 0 N–H and O–H groups in total. The van der Waals surface area contributed by atoms with Crippen LogP contribution in [0.1, 0.15) is 0 Å². The Labute approximate surface area is 170 Å². The summed E-state index contributed by atoms with van der Waals surface area (Å²) in [5.74, 6) is 2.42. The van der Waals surface area contributed by atoms with Crippen LogP contribution in [0.15, 0.2) is 70.8 Å². The highest BCUT2D eigenvalue weighted by Crippen LogP contribution is 2.25. The highest BCUT2D eigenvalue weighted by atomic mass is 79.9. The van der Waals surface area contributed by atoms with Gasteiger partial charge in [-0.05, 0) is 48.5 Å². The first-order valence-corrected chi connectivity index (χ1v) is 10.1.